The third-order valence-electron chi connectivity index (χ3n) is 6.17. The minimum atomic E-state index is -0.695. The van der Waals surface area contributed by atoms with Gasteiger partial charge < -0.3 is 15.5 Å². The third kappa shape index (κ3) is 5.00. The number of phenols is 1. The molecule has 6 nitrogen and oxygen atoms in total. The van der Waals surface area contributed by atoms with Crippen LogP contribution in [0.25, 0.3) is 11.3 Å². The first-order chi connectivity index (χ1) is 14.8. The van der Waals surface area contributed by atoms with Crippen molar-refractivity contribution in [3.63, 3.8) is 0 Å². The van der Waals surface area contributed by atoms with Gasteiger partial charge in [-0.05, 0) is 82.7 Å². The van der Waals surface area contributed by atoms with E-state index in [1.165, 1.54) is 11.1 Å². The summed E-state index contributed by atoms with van der Waals surface area (Å²) in [6, 6.07) is 5.56. The lowest BCUT2D eigenvalue weighted by Gasteiger charge is -2.36. The Bertz CT molecular complexity index is 990. The van der Waals surface area contributed by atoms with Crippen molar-refractivity contribution in [3.8, 4) is 29.4 Å². The van der Waals surface area contributed by atoms with Gasteiger partial charge in [0.15, 0.2) is 5.82 Å². The number of nitrogens with zero attached hydrogens (tertiary/aromatic N) is 3. The van der Waals surface area contributed by atoms with E-state index in [0.29, 0.717) is 17.7 Å². The van der Waals surface area contributed by atoms with E-state index in [-0.39, 0.29) is 11.8 Å². The molecule has 164 valence electrons. The molecule has 31 heavy (non-hydrogen) atoms. The molecule has 0 saturated carbocycles. The SMILES string of the molecule is C#Cc1ccc(-c2nnc(N[C@@H]3CCCN(CC(C)(C)O)C3)c3c2CCCC3)c(O)c1. The first kappa shape index (κ1) is 21.6. The fourth-order valence-corrected chi connectivity index (χ4v) is 4.86. The van der Waals surface area contributed by atoms with E-state index < -0.39 is 5.60 Å². The van der Waals surface area contributed by atoms with Crippen molar-refractivity contribution in [1.29, 1.82) is 0 Å². The number of anilines is 1. The molecule has 2 aromatic rings. The summed E-state index contributed by atoms with van der Waals surface area (Å²) in [7, 11) is 0. The molecular formula is C25H32N4O2. The number of fused-ring (bicyclic) bond motifs is 1. The molecule has 1 aliphatic heterocycles. The van der Waals surface area contributed by atoms with Gasteiger partial charge >= 0.3 is 0 Å². The van der Waals surface area contributed by atoms with E-state index in [1.54, 1.807) is 6.07 Å². The zero-order valence-electron chi connectivity index (χ0n) is 18.5. The minimum Gasteiger partial charge on any atom is -0.507 e. The normalized spacial score (nSPS) is 19.5. The number of benzene rings is 1. The Morgan fingerprint density at radius 3 is 2.68 bits per heavy atom. The number of aromatic hydroxyl groups is 1. The van der Waals surface area contributed by atoms with E-state index >= 15 is 0 Å². The minimum absolute atomic E-state index is 0.146. The molecule has 3 N–H and O–H groups in total. The first-order valence-corrected chi connectivity index (χ1v) is 11.2. The van der Waals surface area contributed by atoms with Crippen molar-refractivity contribution in [3.05, 3.63) is 34.9 Å². The number of hydrogen-bond donors (Lipinski definition) is 3. The van der Waals surface area contributed by atoms with Crippen molar-refractivity contribution in [2.24, 2.45) is 0 Å². The summed E-state index contributed by atoms with van der Waals surface area (Å²) in [6.07, 6.45) is 11.8. The number of terminal acetylenes is 1. The predicted molar refractivity (Wildman–Crippen MR) is 123 cm³/mol. The summed E-state index contributed by atoms with van der Waals surface area (Å²) < 4.78 is 0. The highest BCUT2D eigenvalue weighted by atomic mass is 16.3. The number of aromatic nitrogens is 2. The number of β-amino-alcohol motifs (C(OH)–C–C–N with tert-alkyl or cyclic N) is 1. The van der Waals surface area contributed by atoms with Crippen LogP contribution in [0.4, 0.5) is 5.82 Å². The number of likely N-dealkylation sites (tertiary alicyclic amines) is 1. The van der Waals surface area contributed by atoms with Crippen LogP contribution >= 0.6 is 0 Å². The molecule has 0 radical (unpaired) electrons. The molecule has 4 rings (SSSR count). The number of aliphatic hydroxyl groups is 1. The number of nitrogens with one attached hydrogen (secondary N) is 1. The maximum atomic E-state index is 10.5. The van der Waals surface area contributed by atoms with Gasteiger partial charge in [-0.1, -0.05) is 5.92 Å². The van der Waals surface area contributed by atoms with Gasteiger partial charge in [0.05, 0.1) is 5.60 Å². The molecule has 0 amide bonds. The van der Waals surface area contributed by atoms with Crippen molar-refractivity contribution < 1.29 is 10.2 Å². The van der Waals surface area contributed by atoms with Crippen molar-refractivity contribution in [1.82, 2.24) is 15.1 Å². The Morgan fingerprint density at radius 2 is 1.97 bits per heavy atom. The van der Waals surface area contributed by atoms with Crippen LogP contribution < -0.4 is 5.32 Å². The van der Waals surface area contributed by atoms with E-state index in [0.717, 1.165) is 63.1 Å². The molecule has 1 aromatic carbocycles. The predicted octanol–water partition coefficient (Wildman–Crippen LogP) is 3.36. The Hall–Kier alpha value is -2.62. The van der Waals surface area contributed by atoms with Crippen LogP contribution in [0.1, 0.15) is 56.2 Å². The van der Waals surface area contributed by atoms with Gasteiger partial charge in [0, 0.05) is 35.8 Å². The fraction of sp³-hybridized carbons (Fsp3) is 0.520. The number of hydrogen-bond acceptors (Lipinski definition) is 6. The van der Waals surface area contributed by atoms with Gasteiger partial charge in [-0.15, -0.1) is 16.6 Å². The molecule has 1 saturated heterocycles. The quantitative estimate of drug-likeness (QED) is 0.644. The summed E-state index contributed by atoms with van der Waals surface area (Å²) in [5.74, 6) is 3.57. The zero-order chi connectivity index (χ0) is 22.0. The first-order valence-electron chi connectivity index (χ1n) is 11.2. The maximum Gasteiger partial charge on any atom is 0.152 e. The zero-order valence-corrected chi connectivity index (χ0v) is 18.5. The maximum absolute atomic E-state index is 10.5. The molecule has 0 spiro atoms. The van der Waals surface area contributed by atoms with Gasteiger partial charge in [-0.25, -0.2) is 0 Å². The lowest BCUT2D eigenvalue weighted by molar-refractivity contribution is 0.0286. The Balaban J connectivity index is 1.60. The van der Waals surface area contributed by atoms with Crippen LogP contribution in [0.2, 0.25) is 0 Å². The Labute approximate surface area is 184 Å². The lowest BCUT2D eigenvalue weighted by Crippen LogP contribution is -2.47. The van der Waals surface area contributed by atoms with Crippen LogP contribution in [-0.2, 0) is 12.8 Å². The van der Waals surface area contributed by atoms with E-state index in [4.69, 9.17) is 6.42 Å². The molecule has 2 aliphatic rings. The third-order valence-corrected chi connectivity index (χ3v) is 6.17. The largest absolute Gasteiger partial charge is 0.507 e. The highest BCUT2D eigenvalue weighted by Gasteiger charge is 2.27. The molecule has 6 heteroatoms. The molecule has 1 aromatic heterocycles. The Morgan fingerprint density at radius 1 is 1.19 bits per heavy atom. The highest BCUT2D eigenvalue weighted by molar-refractivity contribution is 5.73. The summed E-state index contributed by atoms with van der Waals surface area (Å²) in [6.45, 7) is 6.28. The van der Waals surface area contributed by atoms with Gasteiger partial charge in [0.2, 0.25) is 0 Å². The van der Waals surface area contributed by atoms with Gasteiger partial charge in [-0.3, -0.25) is 4.90 Å². The molecule has 1 fully saturated rings. The van der Waals surface area contributed by atoms with Gasteiger partial charge in [0.25, 0.3) is 0 Å². The molecule has 1 atom stereocenters. The van der Waals surface area contributed by atoms with Gasteiger partial charge in [-0.2, -0.15) is 0 Å². The topological polar surface area (TPSA) is 81.5 Å². The summed E-state index contributed by atoms with van der Waals surface area (Å²) >= 11 is 0. The highest BCUT2D eigenvalue weighted by Crippen LogP contribution is 2.37. The van der Waals surface area contributed by atoms with Crippen molar-refractivity contribution in [2.45, 2.75) is 64.0 Å². The summed E-state index contributed by atoms with van der Waals surface area (Å²) in [5, 5.41) is 33.5. The fourth-order valence-electron chi connectivity index (χ4n) is 4.86. The lowest BCUT2D eigenvalue weighted by atomic mass is 9.88. The molecule has 0 unspecified atom stereocenters. The van der Waals surface area contributed by atoms with Crippen molar-refractivity contribution in [2.75, 3.05) is 25.0 Å². The summed E-state index contributed by atoms with van der Waals surface area (Å²) in [4.78, 5) is 2.32. The van der Waals surface area contributed by atoms with Crippen LogP contribution in [0.5, 0.6) is 5.75 Å². The van der Waals surface area contributed by atoms with E-state index in [9.17, 15) is 10.2 Å². The number of rotatable bonds is 5. The second-order valence-electron chi connectivity index (χ2n) is 9.47. The van der Waals surface area contributed by atoms with Crippen LogP contribution in [-0.4, -0.2) is 56.6 Å². The molecule has 1 aliphatic carbocycles. The second-order valence-corrected chi connectivity index (χ2v) is 9.47. The second kappa shape index (κ2) is 8.86. The van der Waals surface area contributed by atoms with Crippen LogP contribution in [0.3, 0.4) is 0 Å². The average molecular weight is 421 g/mol. The smallest absolute Gasteiger partial charge is 0.152 e. The monoisotopic (exact) mass is 420 g/mol. The number of phenolic OH excluding ortho intramolecular Hbond substituents is 1. The number of piperidine rings is 1. The molecule has 0 bridgehead atoms. The summed E-state index contributed by atoms with van der Waals surface area (Å²) in [5.41, 5.74) is 3.79. The Kier molecular flexibility index (Phi) is 6.17. The standard InChI is InChI=1S/C25H32N4O2/c1-4-17-11-12-21(22(30)14-17)23-19-9-5-6-10-20(19)24(28-27-23)26-18-8-7-13-29(15-18)16-25(2,3)31/h1,11-12,14,18,30-31H,5-10,13,15-16H2,2-3H3,(H,26,28)/t18-/m1/s1. The molecule has 2 heterocycles. The van der Waals surface area contributed by atoms with E-state index in [1.807, 2.05) is 26.0 Å². The van der Waals surface area contributed by atoms with Crippen LogP contribution in [0, 0.1) is 12.3 Å². The van der Waals surface area contributed by atoms with Crippen LogP contribution in [0.15, 0.2) is 18.2 Å². The molecular weight excluding hydrogens is 388 g/mol. The average Bonchev–Trinajstić information content (AvgIpc) is 2.73. The van der Waals surface area contributed by atoms with Gasteiger partial charge in [0.1, 0.15) is 11.4 Å². The van der Waals surface area contributed by atoms with E-state index in [2.05, 4.69) is 26.3 Å². The van der Waals surface area contributed by atoms with Crippen molar-refractivity contribution >= 4 is 5.82 Å².